The highest BCUT2D eigenvalue weighted by molar-refractivity contribution is 7.80. The van der Waals surface area contributed by atoms with E-state index in [1.165, 1.54) is 44.9 Å². The van der Waals surface area contributed by atoms with E-state index in [-0.39, 0.29) is 0 Å². The molecule has 0 aliphatic carbocycles. The summed E-state index contributed by atoms with van der Waals surface area (Å²) in [5.41, 5.74) is 8.08. The van der Waals surface area contributed by atoms with E-state index in [9.17, 15) is 0 Å². The Labute approximate surface area is 151 Å². The van der Waals surface area contributed by atoms with Crippen molar-refractivity contribution in [2.24, 2.45) is 5.11 Å². The molecule has 0 amide bonds. The minimum atomic E-state index is 0.354. The second-order valence-corrected chi connectivity index (χ2v) is 6.08. The van der Waals surface area contributed by atoms with Gasteiger partial charge in [-0.3, -0.25) is 0 Å². The van der Waals surface area contributed by atoms with Crippen molar-refractivity contribution in [2.45, 2.75) is 64.7 Å². The van der Waals surface area contributed by atoms with Gasteiger partial charge in [0.25, 0.3) is 0 Å². The van der Waals surface area contributed by atoms with Gasteiger partial charge >= 0.3 is 0 Å². The van der Waals surface area contributed by atoms with Crippen molar-refractivity contribution in [1.29, 1.82) is 0 Å². The van der Waals surface area contributed by atoms with Crippen LogP contribution in [0.1, 0.15) is 64.7 Å². The maximum atomic E-state index is 8.08. The SMILES string of the molecule is CCCCCCCCCCC(=S)OCCOCCOCCN=[N+]=[N-]. The third kappa shape index (κ3) is 19.2. The standard InChI is InChI=1S/C17H33N3O3S/c1-2-3-4-5-6-7-8-9-10-17(24)23-16-15-22-14-13-21-12-11-19-20-18/h2-16H2,1H3. The first kappa shape index (κ1) is 23.1. The van der Waals surface area contributed by atoms with E-state index >= 15 is 0 Å². The summed E-state index contributed by atoms with van der Waals surface area (Å²) in [5.74, 6) is 0. The summed E-state index contributed by atoms with van der Waals surface area (Å²) < 4.78 is 16.1. The lowest BCUT2D eigenvalue weighted by Gasteiger charge is -2.08. The van der Waals surface area contributed by atoms with E-state index in [1.54, 1.807) is 0 Å². The Morgan fingerprint density at radius 2 is 1.46 bits per heavy atom. The van der Waals surface area contributed by atoms with Gasteiger partial charge in [0.2, 0.25) is 0 Å². The Bertz CT molecular complexity index is 337. The molecule has 0 unspecified atom stereocenters. The van der Waals surface area contributed by atoms with Gasteiger partial charge in [0.15, 0.2) is 5.05 Å². The van der Waals surface area contributed by atoms with Crippen LogP contribution in [0.25, 0.3) is 10.4 Å². The largest absolute Gasteiger partial charge is 0.485 e. The lowest BCUT2D eigenvalue weighted by Crippen LogP contribution is -2.12. The summed E-state index contributed by atoms with van der Waals surface area (Å²) in [4.78, 5) is 2.64. The van der Waals surface area contributed by atoms with Crippen molar-refractivity contribution < 1.29 is 14.2 Å². The molecule has 0 saturated carbocycles. The molecule has 6 nitrogen and oxygen atoms in total. The van der Waals surface area contributed by atoms with Gasteiger partial charge in [0.05, 0.1) is 26.4 Å². The maximum absolute atomic E-state index is 8.08. The molecule has 0 bridgehead atoms. The number of ether oxygens (including phenoxy) is 3. The Hall–Kier alpha value is -0.880. The van der Waals surface area contributed by atoms with Crippen molar-refractivity contribution in [3.63, 3.8) is 0 Å². The number of azide groups is 1. The molecule has 0 fully saturated rings. The molecule has 0 saturated heterocycles. The van der Waals surface area contributed by atoms with Crippen molar-refractivity contribution in [3.05, 3.63) is 10.4 Å². The van der Waals surface area contributed by atoms with Gasteiger partial charge in [-0.1, -0.05) is 57.0 Å². The normalized spacial score (nSPS) is 10.4. The molecule has 0 aromatic heterocycles. The minimum Gasteiger partial charge on any atom is -0.485 e. The Morgan fingerprint density at radius 1 is 0.875 bits per heavy atom. The Morgan fingerprint density at radius 3 is 2.12 bits per heavy atom. The van der Waals surface area contributed by atoms with Gasteiger partial charge in [-0.15, -0.1) is 0 Å². The molecule has 0 atom stereocenters. The van der Waals surface area contributed by atoms with Crippen LogP contribution in [0.15, 0.2) is 5.11 Å². The highest BCUT2D eigenvalue weighted by Crippen LogP contribution is 2.10. The van der Waals surface area contributed by atoms with E-state index < -0.39 is 0 Å². The molecule has 0 aliphatic heterocycles. The first-order chi connectivity index (χ1) is 11.8. The summed E-state index contributed by atoms with van der Waals surface area (Å²) in [5, 5.41) is 4.06. The predicted molar refractivity (Wildman–Crippen MR) is 101 cm³/mol. The first-order valence-electron chi connectivity index (χ1n) is 9.13. The van der Waals surface area contributed by atoms with E-state index in [1.807, 2.05) is 0 Å². The molecule has 7 heteroatoms. The highest BCUT2D eigenvalue weighted by atomic mass is 32.1. The number of hydrogen-bond donors (Lipinski definition) is 0. The van der Waals surface area contributed by atoms with Crippen LogP contribution >= 0.6 is 12.2 Å². The summed E-state index contributed by atoms with van der Waals surface area (Å²) >= 11 is 5.21. The summed E-state index contributed by atoms with van der Waals surface area (Å²) in [6, 6.07) is 0. The zero-order chi connectivity index (χ0) is 17.7. The molecule has 0 aromatic rings. The number of rotatable bonds is 18. The van der Waals surface area contributed by atoms with Crippen LogP contribution in [0.4, 0.5) is 0 Å². The zero-order valence-corrected chi connectivity index (χ0v) is 15.9. The van der Waals surface area contributed by atoms with Crippen molar-refractivity contribution in [1.82, 2.24) is 0 Å². The van der Waals surface area contributed by atoms with E-state index in [0.29, 0.717) is 44.6 Å². The number of unbranched alkanes of at least 4 members (excludes halogenated alkanes) is 7. The average molecular weight is 360 g/mol. The van der Waals surface area contributed by atoms with Crippen molar-refractivity contribution in [3.8, 4) is 0 Å². The topological polar surface area (TPSA) is 76.5 Å². The van der Waals surface area contributed by atoms with Crippen LogP contribution in [0.5, 0.6) is 0 Å². The predicted octanol–water partition coefficient (Wildman–Crippen LogP) is 5.20. The molecule has 24 heavy (non-hydrogen) atoms. The van der Waals surface area contributed by atoms with Crippen LogP contribution < -0.4 is 0 Å². The molecule has 0 radical (unpaired) electrons. The molecule has 0 spiro atoms. The highest BCUT2D eigenvalue weighted by Gasteiger charge is 1.99. The number of nitrogens with zero attached hydrogens (tertiary/aromatic N) is 3. The fourth-order valence-corrected chi connectivity index (χ4v) is 2.39. The fourth-order valence-electron chi connectivity index (χ4n) is 2.16. The second-order valence-electron chi connectivity index (χ2n) is 5.62. The van der Waals surface area contributed by atoms with Gasteiger partial charge < -0.3 is 14.2 Å². The molecule has 0 heterocycles. The van der Waals surface area contributed by atoms with Crippen LogP contribution in [-0.4, -0.2) is 44.6 Å². The summed E-state index contributed by atoms with van der Waals surface area (Å²) in [6.07, 6.45) is 11.3. The van der Waals surface area contributed by atoms with Crippen molar-refractivity contribution in [2.75, 3.05) is 39.6 Å². The van der Waals surface area contributed by atoms with Crippen LogP contribution in [0.3, 0.4) is 0 Å². The fraction of sp³-hybridized carbons (Fsp3) is 0.941. The van der Waals surface area contributed by atoms with Crippen molar-refractivity contribution >= 4 is 17.3 Å². The van der Waals surface area contributed by atoms with Gasteiger partial charge in [0, 0.05) is 17.9 Å². The second kappa shape index (κ2) is 20.2. The molecule has 0 aromatic carbocycles. The molecule has 140 valence electrons. The third-order valence-electron chi connectivity index (χ3n) is 3.50. The minimum absolute atomic E-state index is 0.354. The molecule has 0 rings (SSSR count). The number of hydrogen-bond acceptors (Lipinski definition) is 5. The van der Waals surface area contributed by atoms with E-state index in [4.69, 9.17) is 32.0 Å². The summed E-state index contributed by atoms with van der Waals surface area (Å²) in [7, 11) is 0. The van der Waals surface area contributed by atoms with Gasteiger partial charge in [-0.25, -0.2) is 0 Å². The smallest absolute Gasteiger partial charge is 0.159 e. The van der Waals surface area contributed by atoms with Gasteiger partial charge in [-0.05, 0) is 24.2 Å². The third-order valence-corrected chi connectivity index (χ3v) is 3.82. The molecular weight excluding hydrogens is 326 g/mol. The van der Waals surface area contributed by atoms with Crippen LogP contribution in [0, 0.1) is 0 Å². The summed E-state index contributed by atoms with van der Waals surface area (Å²) in [6.45, 7) is 5.02. The number of thiocarbonyl (C=S) groups is 1. The van der Waals surface area contributed by atoms with Gasteiger partial charge in [0.1, 0.15) is 6.61 Å². The quantitative estimate of drug-likeness (QED) is 0.111. The zero-order valence-electron chi connectivity index (χ0n) is 15.1. The van der Waals surface area contributed by atoms with Crippen LogP contribution in [0.2, 0.25) is 0 Å². The maximum Gasteiger partial charge on any atom is 0.159 e. The van der Waals surface area contributed by atoms with Crippen LogP contribution in [-0.2, 0) is 14.2 Å². The lowest BCUT2D eigenvalue weighted by atomic mass is 10.1. The molecule has 0 aliphatic rings. The molecular formula is C17H33N3O3S. The Balaban J connectivity index is 3.17. The molecule has 0 N–H and O–H groups in total. The lowest BCUT2D eigenvalue weighted by molar-refractivity contribution is 0.0374. The first-order valence-corrected chi connectivity index (χ1v) is 9.54. The van der Waals surface area contributed by atoms with E-state index in [2.05, 4.69) is 16.9 Å². The average Bonchev–Trinajstić information content (AvgIpc) is 2.59. The Kier molecular flexibility index (Phi) is 19.4. The monoisotopic (exact) mass is 359 g/mol. The van der Waals surface area contributed by atoms with E-state index in [0.717, 1.165) is 12.8 Å². The van der Waals surface area contributed by atoms with Gasteiger partial charge in [-0.2, -0.15) is 0 Å².